The summed E-state index contributed by atoms with van der Waals surface area (Å²) in [5, 5.41) is 0. The van der Waals surface area contributed by atoms with Gasteiger partial charge in [-0.3, -0.25) is 0 Å². The normalized spacial score (nSPS) is 11.9. The molecule has 0 radical (unpaired) electrons. The van der Waals surface area contributed by atoms with Gasteiger partial charge in [-0.05, 0) is 61.7 Å². The van der Waals surface area contributed by atoms with E-state index in [4.69, 9.17) is 14.2 Å². The quantitative estimate of drug-likeness (QED) is 0.104. The monoisotopic (exact) mass is 496 g/mol. The Labute approximate surface area is 219 Å². The molecule has 1 atom stereocenters. The van der Waals surface area contributed by atoms with Gasteiger partial charge in [0.05, 0.1) is 18.3 Å². The molecule has 0 aromatic heterocycles. The number of esters is 1. The molecule has 2 aromatic carbocycles. The van der Waals surface area contributed by atoms with Crippen molar-refractivity contribution in [2.45, 2.75) is 110 Å². The van der Waals surface area contributed by atoms with Crippen LogP contribution in [0.5, 0.6) is 11.5 Å². The van der Waals surface area contributed by atoms with E-state index in [0.29, 0.717) is 17.9 Å². The maximum absolute atomic E-state index is 12.5. The standard InChI is InChI=1S/C32H48O4/c1-4-6-7-8-9-10-11-12-13-14-15-16-26-34-27(3)28-17-19-29(20-18-28)32(33)36-31-23-21-30(22-24-31)35-25-5-2/h17-24,27H,4-16,25-26H2,1-3H3. The first-order valence-corrected chi connectivity index (χ1v) is 14.3. The molecule has 1 unspecified atom stereocenters. The van der Waals surface area contributed by atoms with Gasteiger partial charge in [0.2, 0.25) is 0 Å². The van der Waals surface area contributed by atoms with E-state index in [0.717, 1.165) is 30.8 Å². The molecule has 0 bridgehead atoms. The summed E-state index contributed by atoms with van der Waals surface area (Å²) in [6.07, 6.45) is 17.1. The van der Waals surface area contributed by atoms with Crippen molar-refractivity contribution in [3.05, 3.63) is 59.7 Å². The molecule has 0 aliphatic carbocycles. The summed E-state index contributed by atoms with van der Waals surface area (Å²) in [5.74, 6) is 0.916. The minimum atomic E-state index is -0.367. The molecule has 0 N–H and O–H groups in total. The first-order valence-electron chi connectivity index (χ1n) is 14.3. The average molecular weight is 497 g/mol. The SMILES string of the molecule is CCCCCCCCCCCCCCOC(C)c1ccc(C(=O)Oc2ccc(OCCC)cc2)cc1. The molecule has 200 valence electrons. The van der Waals surface area contributed by atoms with E-state index < -0.39 is 0 Å². The Bertz CT molecular complexity index is 813. The molecule has 36 heavy (non-hydrogen) atoms. The van der Waals surface area contributed by atoms with Crippen LogP contribution in [-0.4, -0.2) is 19.2 Å². The predicted molar refractivity (Wildman–Crippen MR) is 149 cm³/mol. The fraction of sp³-hybridized carbons (Fsp3) is 0.594. The lowest BCUT2D eigenvalue weighted by Crippen LogP contribution is -2.09. The first-order chi connectivity index (χ1) is 17.6. The van der Waals surface area contributed by atoms with Gasteiger partial charge in [0.1, 0.15) is 11.5 Å². The highest BCUT2D eigenvalue weighted by Crippen LogP contribution is 2.21. The Kier molecular flexibility index (Phi) is 15.7. The van der Waals surface area contributed by atoms with Crippen molar-refractivity contribution in [1.29, 1.82) is 0 Å². The molecule has 2 aromatic rings. The molecule has 2 rings (SSSR count). The van der Waals surface area contributed by atoms with Crippen LogP contribution in [0.25, 0.3) is 0 Å². The summed E-state index contributed by atoms with van der Waals surface area (Å²) in [7, 11) is 0. The van der Waals surface area contributed by atoms with Gasteiger partial charge in [-0.2, -0.15) is 0 Å². The highest BCUT2D eigenvalue weighted by atomic mass is 16.5. The van der Waals surface area contributed by atoms with Crippen molar-refractivity contribution >= 4 is 5.97 Å². The number of ether oxygens (including phenoxy) is 3. The molecule has 0 aliphatic rings. The van der Waals surface area contributed by atoms with Crippen LogP contribution in [0.2, 0.25) is 0 Å². The highest BCUT2D eigenvalue weighted by molar-refractivity contribution is 5.91. The van der Waals surface area contributed by atoms with Crippen molar-refractivity contribution in [3.63, 3.8) is 0 Å². The predicted octanol–water partition coefficient (Wildman–Crippen LogP) is 9.47. The van der Waals surface area contributed by atoms with Crippen LogP contribution in [-0.2, 0) is 4.74 Å². The summed E-state index contributed by atoms with van der Waals surface area (Å²) in [4.78, 5) is 12.5. The van der Waals surface area contributed by atoms with E-state index in [2.05, 4.69) is 20.8 Å². The van der Waals surface area contributed by atoms with Gasteiger partial charge in [-0.1, -0.05) is 96.6 Å². The third-order valence-corrected chi connectivity index (χ3v) is 6.49. The van der Waals surface area contributed by atoms with E-state index in [-0.39, 0.29) is 12.1 Å². The molecular formula is C32H48O4. The number of hydrogen-bond acceptors (Lipinski definition) is 4. The Morgan fingerprint density at radius 3 is 1.72 bits per heavy atom. The molecule has 4 nitrogen and oxygen atoms in total. The molecule has 4 heteroatoms. The topological polar surface area (TPSA) is 44.8 Å². The number of carbonyl (C=O) groups excluding carboxylic acids is 1. The zero-order valence-electron chi connectivity index (χ0n) is 22.9. The van der Waals surface area contributed by atoms with Crippen LogP contribution < -0.4 is 9.47 Å². The lowest BCUT2D eigenvalue weighted by Gasteiger charge is -2.14. The maximum Gasteiger partial charge on any atom is 0.343 e. The van der Waals surface area contributed by atoms with Gasteiger partial charge < -0.3 is 14.2 Å². The number of hydrogen-bond donors (Lipinski definition) is 0. The van der Waals surface area contributed by atoms with Crippen LogP contribution in [0.15, 0.2) is 48.5 Å². The second kappa shape index (κ2) is 18.9. The summed E-state index contributed by atoms with van der Waals surface area (Å²) < 4.78 is 17.1. The number of unbranched alkanes of at least 4 members (excludes halogenated alkanes) is 11. The highest BCUT2D eigenvalue weighted by Gasteiger charge is 2.11. The third-order valence-electron chi connectivity index (χ3n) is 6.49. The van der Waals surface area contributed by atoms with E-state index in [1.165, 1.54) is 70.6 Å². The van der Waals surface area contributed by atoms with Crippen LogP contribution in [0.1, 0.15) is 126 Å². The maximum atomic E-state index is 12.5. The Morgan fingerprint density at radius 2 is 1.17 bits per heavy atom. The summed E-state index contributed by atoms with van der Waals surface area (Å²) in [6.45, 7) is 7.85. The van der Waals surface area contributed by atoms with Crippen molar-refractivity contribution in [2.75, 3.05) is 13.2 Å². The largest absolute Gasteiger partial charge is 0.494 e. The molecule has 0 aliphatic heterocycles. The Balaban J connectivity index is 1.57. The number of rotatable bonds is 20. The lowest BCUT2D eigenvalue weighted by molar-refractivity contribution is 0.0626. The van der Waals surface area contributed by atoms with Gasteiger partial charge in [0.15, 0.2) is 0 Å². The second-order valence-electron chi connectivity index (χ2n) is 9.73. The number of benzene rings is 2. The van der Waals surface area contributed by atoms with Crippen molar-refractivity contribution in [2.24, 2.45) is 0 Å². The smallest absolute Gasteiger partial charge is 0.343 e. The molecular weight excluding hydrogens is 448 g/mol. The van der Waals surface area contributed by atoms with E-state index >= 15 is 0 Å². The Morgan fingerprint density at radius 1 is 0.639 bits per heavy atom. The molecule has 0 fully saturated rings. The minimum Gasteiger partial charge on any atom is -0.494 e. The van der Waals surface area contributed by atoms with Gasteiger partial charge in [-0.15, -0.1) is 0 Å². The fourth-order valence-electron chi connectivity index (χ4n) is 4.18. The molecule has 0 saturated heterocycles. The molecule has 0 heterocycles. The van der Waals surface area contributed by atoms with Crippen LogP contribution in [0, 0.1) is 0 Å². The van der Waals surface area contributed by atoms with E-state index in [1.807, 2.05) is 24.3 Å². The Hall–Kier alpha value is -2.33. The van der Waals surface area contributed by atoms with Crippen LogP contribution in [0.4, 0.5) is 0 Å². The van der Waals surface area contributed by atoms with E-state index in [9.17, 15) is 4.79 Å². The van der Waals surface area contributed by atoms with Gasteiger partial charge in [0, 0.05) is 6.61 Å². The van der Waals surface area contributed by atoms with E-state index in [1.54, 1.807) is 24.3 Å². The molecule has 0 spiro atoms. The van der Waals surface area contributed by atoms with Crippen molar-refractivity contribution in [1.82, 2.24) is 0 Å². The summed E-state index contributed by atoms with van der Waals surface area (Å²) in [5.41, 5.74) is 1.60. The minimum absolute atomic E-state index is 0.0124. The van der Waals surface area contributed by atoms with Crippen molar-refractivity contribution in [3.8, 4) is 11.5 Å². The van der Waals surface area contributed by atoms with Crippen LogP contribution in [0.3, 0.4) is 0 Å². The molecule has 0 amide bonds. The number of carbonyl (C=O) groups is 1. The zero-order valence-corrected chi connectivity index (χ0v) is 22.9. The zero-order chi connectivity index (χ0) is 25.8. The van der Waals surface area contributed by atoms with Crippen LogP contribution >= 0.6 is 0 Å². The first kappa shape index (κ1) is 29.9. The van der Waals surface area contributed by atoms with Gasteiger partial charge in [-0.25, -0.2) is 4.79 Å². The fourth-order valence-corrected chi connectivity index (χ4v) is 4.18. The summed E-state index contributed by atoms with van der Waals surface area (Å²) >= 11 is 0. The molecule has 0 saturated carbocycles. The van der Waals surface area contributed by atoms with Gasteiger partial charge >= 0.3 is 5.97 Å². The second-order valence-corrected chi connectivity index (χ2v) is 9.73. The summed E-state index contributed by atoms with van der Waals surface area (Å²) in [6, 6.07) is 14.6. The average Bonchev–Trinajstić information content (AvgIpc) is 2.91. The third kappa shape index (κ3) is 12.6. The lowest BCUT2D eigenvalue weighted by atomic mass is 10.1. The van der Waals surface area contributed by atoms with Crippen molar-refractivity contribution < 1.29 is 19.0 Å². The van der Waals surface area contributed by atoms with Gasteiger partial charge in [0.25, 0.3) is 0 Å².